The van der Waals surface area contributed by atoms with E-state index in [2.05, 4.69) is 75.2 Å². The third kappa shape index (κ3) is 19.9. The van der Waals surface area contributed by atoms with Gasteiger partial charge in [-0.2, -0.15) is 12.6 Å². The minimum absolute atomic E-state index is 0.105. The Hall–Kier alpha value is -3.22. The van der Waals surface area contributed by atoms with Gasteiger partial charge in [-0.25, -0.2) is 4.79 Å². The molecule has 0 spiro atoms. The van der Waals surface area contributed by atoms with Gasteiger partial charge in [0.2, 0.25) is 0 Å². The summed E-state index contributed by atoms with van der Waals surface area (Å²) in [5, 5.41) is 25.8. The van der Waals surface area contributed by atoms with Crippen LogP contribution in [0.15, 0.2) is 48.5 Å². The number of carboxylic acids is 1. The van der Waals surface area contributed by atoms with Gasteiger partial charge in [0.1, 0.15) is 6.61 Å². The topological polar surface area (TPSA) is 151 Å². The molecule has 10 nitrogen and oxygen atoms in total. The second kappa shape index (κ2) is 27.6. The number of thioether (sulfide) groups is 1. The minimum Gasteiger partial charge on any atom is -0.481 e. The van der Waals surface area contributed by atoms with Gasteiger partial charge in [-0.05, 0) is 106 Å². The van der Waals surface area contributed by atoms with E-state index in [0.29, 0.717) is 25.0 Å². The Kier molecular flexibility index (Phi) is 24.6. The molecule has 0 aliphatic rings. The van der Waals surface area contributed by atoms with Crippen molar-refractivity contribution in [3.05, 3.63) is 70.8 Å². The van der Waals surface area contributed by atoms with Gasteiger partial charge in [0, 0.05) is 11.5 Å². The van der Waals surface area contributed by atoms with Gasteiger partial charge in [-0.3, -0.25) is 14.4 Å². The maximum atomic E-state index is 14.7. The molecule has 3 atom stereocenters. The fraction of sp³-hybridized carbons (Fsp3) is 0.698. The predicted molar refractivity (Wildman–Crippen MR) is 271 cm³/mol. The molecule has 3 unspecified atom stereocenters. The van der Waals surface area contributed by atoms with Crippen molar-refractivity contribution in [3.8, 4) is 0 Å². The van der Waals surface area contributed by atoms with E-state index in [9.17, 15) is 29.4 Å². The first-order valence-electron chi connectivity index (χ1n) is 24.2. The molecule has 4 N–H and O–H groups in total. The molecule has 2 rings (SSSR count). The van der Waals surface area contributed by atoms with E-state index in [0.717, 1.165) is 53.3 Å². The molecular weight excluding hydrogens is 857 g/mol. The van der Waals surface area contributed by atoms with Gasteiger partial charge in [0.05, 0.1) is 35.6 Å². The van der Waals surface area contributed by atoms with Crippen molar-refractivity contribution in [2.24, 2.45) is 17.3 Å². The van der Waals surface area contributed by atoms with E-state index in [1.807, 2.05) is 72.7 Å². The van der Waals surface area contributed by atoms with Crippen LogP contribution in [0.4, 0.5) is 9.59 Å². The molecule has 0 bridgehead atoms. The van der Waals surface area contributed by atoms with Crippen molar-refractivity contribution < 1.29 is 38.9 Å². The normalized spacial score (nSPS) is 14.6. The Morgan fingerprint density at radius 1 is 0.708 bits per heavy atom. The van der Waals surface area contributed by atoms with Gasteiger partial charge < -0.3 is 30.3 Å². The van der Waals surface area contributed by atoms with E-state index in [1.165, 1.54) is 44.9 Å². The number of hydrogen-bond acceptors (Lipinski definition) is 9. The number of amides is 2. The lowest BCUT2D eigenvalue weighted by molar-refractivity contribution is -0.159. The van der Waals surface area contributed by atoms with Gasteiger partial charge in [-0.1, -0.05) is 160 Å². The number of alkyl carbamates (subject to hydrolysis) is 1. The largest absolute Gasteiger partial charge is 0.481 e. The number of hydrogen-bond donors (Lipinski definition) is 5. The van der Waals surface area contributed by atoms with Crippen LogP contribution in [0.25, 0.3) is 0 Å². The zero-order valence-electron chi connectivity index (χ0n) is 41.9. The quantitative estimate of drug-likeness (QED) is 0.0283. The number of nitrogens with one attached hydrogen (secondary N) is 2. The smallest absolute Gasteiger partial charge is 0.407 e. The van der Waals surface area contributed by atoms with E-state index < -0.39 is 45.3 Å². The van der Waals surface area contributed by atoms with Crippen LogP contribution >= 0.6 is 24.4 Å². The Bertz CT molecular complexity index is 1780. The summed E-state index contributed by atoms with van der Waals surface area (Å²) in [6.45, 7) is 22.8. The number of esters is 1. The fourth-order valence-corrected chi connectivity index (χ4v) is 10.1. The molecule has 0 aliphatic carbocycles. The Morgan fingerprint density at radius 2 is 1.23 bits per heavy atom. The van der Waals surface area contributed by atoms with Crippen LogP contribution < -0.4 is 10.6 Å². The lowest BCUT2D eigenvalue weighted by Gasteiger charge is -2.44. The average Bonchev–Trinajstić information content (AvgIpc) is 3.23. The first-order valence-corrected chi connectivity index (χ1v) is 25.8. The zero-order chi connectivity index (χ0) is 48.9. The molecule has 0 aliphatic heterocycles. The van der Waals surface area contributed by atoms with Gasteiger partial charge in [0.25, 0.3) is 5.24 Å². The van der Waals surface area contributed by atoms with Crippen LogP contribution in [0.2, 0.25) is 0 Å². The molecule has 2 aromatic carbocycles. The summed E-state index contributed by atoms with van der Waals surface area (Å²) in [6, 6.07) is 16.3. The lowest BCUT2D eigenvalue weighted by atomic mass is 9.59. The monoisotopic (exact) mass is 943 g/mol. The number of thiol groups is 1. The van der Waals surface area contributed by atoms with Crippen LogP contribution in [-0.2, 0) is 41.0 Å². The summed E-state index contributed by atoms with van der Waals surface area (Å²) in [6.07, 6.45) is 12.5. The van der Waals surface area contributed by atoms with E-state index >= 15 is 0 Å². The number of carbonyl (C=O) groups excluding carboxylic acids is 3. The average molecular weight is 943 g/mol. The second-order valence-corrected chi connectivity index (χ2v) is 22.4. The predicted octanol–water partition coefficient (Wildman–Crippen LogP) is 12.9. The van der Waals surface area contributed by atoms with Crippen molar-refractivity contribution >= 4 is 47.7 Å². The van der Waals surface area contributed by atoms with Crippen LogP contribution in [0, 0.1) is 17.3 Å². The highest BCUT2D eigenvalue weighted by atomic mass is 32.2. The fourth-order valence-electron chi connectivity index (χ4n) is 9.36. The van der Waals surface area contributed by atoms with Crippen molar-refractivity contribution in [2.75, 3.05) is 31.3 Å². The molecule has 368 valence electrons. The van der Waals surface area contributed by atoms with E-state index in [-0.39, 0.29) is 49.1 Å². The molecule has 0 heterocycles. The van der Waals surface area contributed by atoms with Crippen molar-refractivity contribution in [1.82, 2.24) is 10.6 Å². The highest BCUT2D eigenvalue weighted by Crippen LogP contribution is 2.49. The number of benzene rings is 2. The number of aliphatic hydroxyl groups excluding tert-OH is 1. The molecule has 0 fully saturated rings. The molecule has 65 heavy (non-hydrogen) atoms. The zero-order valence-corrected chi connectivity index (χ0v) is 43.6. The van der Waals surface area contributed by atoms with Gasteiger partial charge in [0.15, 0.2) is 0 Å². The summed E-state index contributed by atoms with van der Waals surface area (Å²) in [5.74, 6) is -1.25. The molecule has 0 aromatic heterocycles. The first kappa shape index (κ1) is 57.9. The van der Waals surface area contributed by atoms with Gasteiger partial charge in [-0.15, -0.1) is 0 Å². The first-order chi connectivity index (χ1) is 30.4. The Labute approximate surface area is 402 Å². The van der Waals surface area contributed by atoms with E-state index in [4.69, 9.17) is 9.47 Å². The summed E-state index contributed by atoms with van der Waals surface area (Å²) in [7, 11) is 0. The number of carbonyl (C=O) groups is 4. The molecule has 0 radical (unpaired) electrons. The molecule has 12 heteroatoms. The highest BCUT2D eigenvalue weighted by molar-refractivity contribution is 8.13. The van der Waals surface area contributed by atoms with Crippen molar-refractivity contribution in [3.63, 3.8) is 0 Å². The molecule has 2 amide bonds. The standard InChI is InChI=1S/C53H86N2O8S2/c1-12-13-14-15-16-17-18-19-20-21-29-62-46(59)52(10,36-40(45(57)58)33-39(2)3)38-53(11,44-27-23-26-43(35-44)51(8,9)55-48(61)65-32-28-56)37-49(4,5)41-24-22-25-42(34-41)50(6,7)54-47(60)63-30-31-64/h22-27,34-35,39-40,56,64H,12-21,28-33,36-38H2,1-11H3,(H,54,60)(H,55,61)(H,57,58). The van der Waals surface area contributed by atoms with Gasteiger partial charge >= 0.3 is 18.0 Å². The summed E-state index contributed by atoms with van der Waals surface area (Å²) in [5.41, 5.74) is -0.243. The number of aliphatic carboxylic acids is 1. The highest BCUT2D eigenvalue weighted by Gasteiger charge is 2.47. The second-order valence-electron chi connectivity index (χ2n) is 20.9. The lowest BCUT2D eigenvalue weighted by Crippen LogP contribution is -2.44. The Morgan fingerprint density at radius 3 is 1.77 bits per heavy atom. The van der Waals surface area contributed by atoms with Crippen LogP contribution in [0.3, 0.4) is 0 Å². The number of carboxylic acid groups (broad SMARTS) is 1. The third-order valence-electron chi connectivity index (χ3n) is 12.8. The third-order valence-corrected chi connectivity index (χ3v) is 13.7. The maximum absolute atomic E-state index is 14.7. The van der Waals surface area contributed by atoms with Crippen LogP contribution in [0.5, 0.6) is 0 Å². The molecule has 0 saturated heterocycles. The minimum atomic E-state index is -1.18. The number of aliphatic hydroxyl groups is 1. The van der Waals surface area contributed by atoms with Crippen LogP contribution in [0.1, 0.15) is 188 Å². The van der Waals surface area contributed by atoms with Crippen molar-refractivity contribution in [2.45, 2.75) is 188 Å². The number of ether oxygens (including phenoxy) is 2. The van der Waals surface area contributed by atoms with Crippen molar-refractivity contribution in [1.29, 1.82) is 0 Å². The molecular formula is C53H86N2O8S2. The summed E-state index contributed by atoms with van der Waals surface area (Å²) in [4.78, 5) is 53.3. The SMILES string of the molecule is CCCCCCCCCCCCOC(=O)C(C)(CC(CC(C)C)C(=O)O)CC(C)(CC(C)(C)c1cccc(C(C)(C)NC(=O)OCCS)c1)c1cccc(C(C)(C)NC(=O)SCCO)c1. The number of rotatable bonds is 31. The Balaban J connectivity index is 2.67. The number of unbranched alkanes of at least 4 members (excludes halogenated alkanes) is 9. The molecule has 2 aromatic rings. The molecule has 0 saturated carbocycles. The van der Waals surface area contributed by atoms with Crippen LogP contribution in [-0.4, -0.2) is 64.8 Å². The summed E-state index contributed by atoms with van der Waals surface area (Å²) >= 11 is 5.19. The summed E-state index contributed by atoms with van der Waals surface area (Å²) < 4.78 is 11.5. The maximum Gasteiger partial charge on any atom is 0.407 e. The van der Waals surface area contributed by atoms with E-state index in [1.54, 1.807) is 0 Å².